The zero-order chi connectivity index (χ0) is 9.84. The molecule has 1 heterocycles. The van der Waals surface area contributed by atoms with Gasteiger partial charge in [-0.2, -0.15) is 0 Å². The number of aromatic nitrogens is 1. The quantitative estimate of drug-likeness (QED) is 0.743. The standard InChI is InChI=1S/C10H17N3/c1-7(2)10(11)8-4-5-13-9(6-8)12-3/h4-7,10H,11H2,1-3H3,(H,12,13). The molecule has 0 aliphatic heterocycles. The Morgan fingerprint density at radius 1 is 1.46 bits per heavy atom. The van der Waals surface area contributed by atoms with E-state index in [2.05, 4.69) is 24.1 Å². The van der Waals surface area contributed by atoms with E-state index in [4.69, 9.17) is 5.73 Å². The van der Waals surface area contributed by atoms with Crippen molar-refractivity contribution in [3.63, 3.8) is 0 Å². The molecular weight excluding hydrogens is 162 g/mol. The van der Waals surface area contributed by atoms with Crippen molar-refractivity contribution in [1.82, 2.24) is 4.98 Å². The van der Waals surface area contributed by atoms with E-state index >= 15 is 0 Å². The van der Waals surface area contributed by atoms with E-state index in [0.29, 0.717) is 5.92 Å². The van der Waals surface area contributed by atoms with E-state index in [1.807, 2.05) is 19.2 Å². The molecule has 13 heavy (non-hydrogen) atoms. The van der Waals surface area contributed by atoms with Gasteiger partial charge in [0.25, 0.3) is 0 Å². The molecule has 0 saturated heterocycles. The molecule has 0 saturated carbocycles. The van der Waals surface area contributed by atoms with Crippen LogP contribution in [0.4, 0.5) is 5.82 Å². The fourth-order valence-corrected chi connectivity index (χ4v) is 1.18. The van der Waals surface area contributed by atoms with Crippen LogP contribution in [0, 0.1) is 5.92 Å². The van der Waals surface area contributed by atoms with Gasteiger partial charge in [-0.05, 0) is 23.6 Å². The van der Waals surface area contributed by atoms with Crippen LogP contribution in [0.1, 0.15) is 25.5 Å². The van der Waals surface area contributed by atoms with Gasteiger partial charge in [-0.25, -0.2) is 4.98 Å². The minimum absolute atomic E-state index is 0.0927. The van der Waals surface area contributed by atoms with Crippen molar-refractivity contribution in [2.24, 2.45) is 11.7 Å². The van der Waals surface area contributed by atoms with Crippen LogP contribution in [-0.4, -0.2) is 12.0 Å². The van der Waals surface area contributed by atoms with Crippen molar-refractivity contribution < 1.29 is 0 Å². The molecule has 0 aromatic carbocycles. The number of rotatable bonds is 3. The molecule has 1 rings (SSSR count). The van der Waals surface area contributed by atoms with E-state index in [-0.39, 0.29) is 6.04 Å². The number of nitrogens with zero attached hydrogens (tertiary/aromatic N) is 1. The topological polar surface area (TPSA) is 50.9 Å². The minimum Gasteiger partial charge on any atom is -0.373 e. The van der Waals surface area contributed by atoms with Crippen LogP contribution in [0.25, 0.3) is 0 Å². The van der Waals surface area contributed by atoms with Crippen LogP contribution in [0.2, 0.25) is 0 Å². The predicted octanol–water partition coefficient (Wildman–Crippen LogP) is 1.78. The van der Waals surface area contributed by atoms with Crippen LogP contribution in [0.3, 0.4) is 0 Å². The third-order valence-corrected chi connectivity index (χ3v) is 2.14. The second kappa shape index (κ2) is 4.23. The van der Waals surface area contributed by atoms with Gasteiger partial charge in [0.2, 0.25) is 0 Å². The zero-order valence-corrected chi connectivity index (χ0v) is 8.41. The second-order valence-electron chi connectivity index (χ2n) is 3.49. The highest BCUT2D eigenvalue weighted by molar-refractivity contribution is 5.37. The summed E-state index contributed by atoms with van der Waals surface area (Å²) in [5.74, 6) is 1.32. The largest absolute Gasteiger partial charge is 0.373 e. The number of pyridine rings is 1. The summed E-state index contributed by atoms with van der Waals surface area (Å²) < 4.78 is 0. The molecule has 72 valence electrons. The summed E-state index contributed by atoms with van der Waals surface area (Å²) in [6, 6.07) is 4.05. The lowest BCUT2D eigenvalue weighted by Gasteiger charge is -2.16. The van der Waals surface area contributed by atoms with Gasteiger partial charge < -0.3 is 11.1 Å². The Labute approximate surface area is 79.4 Å². The van der Waals surface area contributed by atoms with Gasteiger partial charge in [0.15, 0.2) is 0 Å². The smallest absolute Gasteiger partial charge is 0.125 e. The molecule has 0 fully saturated rings. The summed E-state index contributed by atoms with van der Waals surface area (Å²) >= 11 is 0. The van der Waals surface area contributed by atoms with Crippen molar-refractivity contribution in [2.45, 2.75) is 19.9 Å². The molecule has 0 aliphatic carbocycles. The average Bonchev–Trinajstić information content (AvgIpc) is 2.16. The van der Waals surface area contributed by atoms with Gasteiger partial charge in [0.1, 0.15) is 5.82 Å². The third-order valence-electron chi connectivity index (χ3n) is 2.14. The predicted molar refractivity (Wildman–Crippen MR) is 55.6 cm³/mol. The monoisotopic (exact) mass is 179 g/mol. The maximum atomic E-state index is 6.01. The first-order chi connectivity index (χ1) is 6.15. The average molecular weight is 179 g/mol. The van der Waals surface area contributed by atoms with Crippen molar-refractivity contribution in [1.29, 1.82) is 0 Å². The van der Waals surface area contributed by atoms with Crippen molar-refractivity contribution in [3.05, 3.63) is 23.9 Å². The summed E-state index contributed by atoms with van der Waals surface area (Å²) in [6.45, 7) is 4.23. The van der Waals surface area contributed by atoms with Crippen LogP contribution in [0.5, 0.6) is 0 Å². The molecule has 0 amide bonds. The number of nitrogens with one attached hydrogen (secondary N) is 1. The summed E-state index contributed by atoms with van der Waals surface area (Å²) in [5.41, 5.74) is 7.14. The maximum absolute atomic E-state index is 6.01. The molecule has 1 atom stereocenters. The fourth-order valence-electron chi connectivity index (χ4n) is 1.18. The van der Waals surface area contributed by atoms with Gasteiger partial charge in [-0.15, -0.1) is 0 Å². The Kier molecular flexibility index (Phi) is 3.25. The lowest BCUT2D eigenvalue weighted by molar-refractivity contribution is 0.514. The molecule has 0 bridgehead atoms. The summed E-state index contributed by atoms with van der Waals surface area (Å²) in [4.78, 5) is 4.13. The highest BCUT2D eigenvalue weighted by Crippen LogP contribution is 2.19. The first kappa shape index (κ1) is 9.99. The number of hydrogen-bond donors (Lipinski definition) is 2. The third kappa shape index (κ3) is 2.42. The molecular formula is C10H17N3. The molecule has 0 aliphatic rings. The summed E-state index contributed by atoms with van der Waals surface area (Å²) in [7, 11) is 1.85. The normalized spacial score (nSPS) is 13.0. The highest BCUT2D eigenvalue weighted by Gasteiger charge is 2.10. The Hall–Kier alpha value is -1.09. The van der Waals surface area contributed by atoms with Gasteiger partial charge in [0.05, 0.1) is 0 Å². The molecule has 1 unspecified atom stereocenters. The van der Waals surface area contributed by atoms with E-state index in [1.165, 1.54) is 0 Å². The molecule has 3 heteroatoms. The number of anilines is 1. The highest BCUT2D eigenvalue weighted by atomic mass is 14.9. The molecule has 0 spiro atoms. The van der Waals surface area contributed by atoms with Crippen LogP contribution < -0.4 is 11.1 Å². The second-order valence-corrected chi connectivity index (χ2v) is 3.49. The first-order valence-corrected chi connectivity index (χ1v) is 4.54. The van der Waals surface area contributed by atoms with Gasteiger partial charge in [-0.1, -0.05) is 13.8 Å². The van der Waals surface area contributed by atoms with Crippen LogP contribution >= 0.6 is 0 Å². The van der Waals surface area contributed by atoms with Crippen LogP contribution in [-0.2, 0) is 0 Å². The van der Waals surface area contributed by atoms with Gasteiger partial charge in [0, 0.05) is 19.3 Å². The minimum atomic E-state index is 0.0927. The maximum Gasteiger partial charge on any atom is 0.125 e. The molecule has 1 aromatic heterocycles. The van der Waals surface area contributed by atoms with E-state index < -0.39 is 0 Å². The molecule has 0 radical (unpaired) electrons. The Balaban J connectivity index is 2.88. The van der Waals surface area contributed by atoms with E-state index in [1.54, 1.807) is 6.20 Å². The number of hydrogen-bond acceptors (Lipinski definition) is 3. The summed E-state index contributed by atoms with van der Waals surface area (Å²) in [5, 5.41) is 2.99. The zero-order valence-electron chi connectivity index (χ0n) is 8.41. The Morgan fingerprint density at radius 2 is 2.15 bits per heavy atom. The fraction of sp³-hybridized carbons (Fsp3) is 0.500. The van der Waals surface area contributed by atoms with Gasteiger partial charge >= 0.3 is 0 Å². The SMILES string of the molecule is CNc1cc(C(N)C(C)C)ccn1. The van der Waals surface area contributed by atoms with Crippen molar-refractivity contribution in [2.75, 3.05) is 12.4 Å². The lowest BCUT2D eigenvalue weighted by Crippen LogP contribution is -2.16. The van der Waals surface area contributed by atoms with Crippen molar-refractivity contribution >= 4 is 5.82 Å². The van der Waals surface area contributed by atoms with Crippen LogP contribution in [0.15, 0.2) is 18.3 Å². The first-order valence-electron chi connectivity index (χ1n) is 4.54. The number of nitrogens with two attached hydrogens (primary N) is 1. The van der Waals surface area contributed by atoms with E-state index in [9.17, 15) is 0 Å². The Morgan fingerprint density at radius 3 is 2.69 bits per heavy atom. The van der Waals surface area contributed by atoms with Crippen molar-refractivity contribution in [3.8, 4) is 0 Å². The summed E-state index contributed by atoms with van der Waals surface area (Å²) in [6.07, 6.45) is 1.78. The Bertz CT molecular complexity index is 271. The lowest BCUT2D eigenvalue weighted by atomic mass is 9.98. The van der Waals surface area contributed by atoms with Gasteiger partial charge in [-0.3, -0.25) is 0 Å². The molecule has 1 aromatic rings. The molecule has 3 nitrogen and oxygen atoms in total. The molecule has 3 N–H and O–H groups in total. The van der Waals surface area contributed by atoms with E-state index in [0.717, 1.165) is 11.4 Å².